The van der Waals surface area contributed by atoms with Gasteiger partial charge in [-0.25, -0.2) is 4.98 Å². The van der Waals surface area contributed by atoms with E-state index in [-0.39, 0.29) is 5.91 Å². The average molecular weight is 280 g/mol. The van der Waals surface area contributed by atoms with Crippen LogP contribution in [-0.4, -0.2) is 34.9 Å². The Balaban J connectivity index is 2.11. The van der Waals surface area contributed by atoms with Gasteiger partial charge in [-0.15, -0.1) is 6.58 Å². The van der Waals surface area contributed by atoms with Crippen LogP contribution in [0.25, 0.3) is 0 Å². The van der Waals surface area contributed by atoms with E-state index in [1.54, 1.807) is 11.0 Å². The van der Waals surface area contributed by atoms with E-state index < -0.39 is 0 Å². The van der Waals surface area contributed by atoms with Crippen LogP contribution >= 0.6 is 11.3 Å². The molecule has 5 nitrogen and oxygen atoms in total. The average Bonchev–Trinajstić information content (AvgIpc) is 3.11. The lowest BCUT2D eigenvalue weighted by Crippen LogP contribution is -2.31. The maximum Gasteiger partial charge on any atom is 0.268 e. The van der Waals surface area contributed by atoms with Gasteiger partial charge in [0.2, 0.25) is 0 Å². The van der Waals surface area contributed by atoms with Gasteiger partial charge in [-0.05, 0) is 19.3 Å². The zero-order valence-corrected chi connectivity index (χ0v) is 12.0. The number of carbonyl (C=O) groups is 1. The highest BCUT2D eigenvalue weighted by atomic mass is 32.1. The van der Waals surface area contributed by atoms with Gasteiger partial charge in [0.1, 0.15) is 10.7 Å². The molecule has 104 valence electrons. The molecule has 0 aliphatic heterocycles. The van der Waals surface area contributed by atoms with Crippen molar-refractivity contribution in [3.8, 4) is 0 Å². The Hall–Kier alpha value is -1.56. The van der Waals surface area contributed by atoms with Crippen LogP contribution in [0.3, 0.4) is 0 Å². The first-order valence-corrected chi connectivity index (χ1v) is 7.40. The minimum absolute atomic E-state index is 0.0550. The highest BCUT2D eigenvalue weighted by Crippen LogP contribution is 2.31. The van der Waals surface area contributed by atoms with E-state index in [1.165, 1.54) is 24.2 Å². The largest absolute Gasteiger partial charge is 0.382 e. The van der Waals surface area contributed by atoms with Crippen molar-refractivity contribution in [3.63, 3.8) is 0 Å². The second-order valence-electron chi connectivity index (χ2n) is 4.69. The summed E-state index contributed by atoms with van der Waals surface area (Å²) in [7, 11) is 0. The first kappa shape index (κ1) is 13.9. The molecule has 0 atom stereocenters. The molecule has 1 saturated carbocycles. The minimum Gasteiger partial charge on any atom is -0.382 e. The SMILES string of the molecule is C=CCN(CCC)C(=O)c1sc(NC2CC2)nc1N. The Bertz CT molecular complexity index is 467. The lowest BCUT2D eigenvalue weighted by Gasteiger charge is -2.19. The zero-order chi connectivity index (χ0) is 13.8. The standard InChI is InChI=1S/C13H20N4OS/c1-3-7-17(8-4-2)12(18)10-11(14)16-13(19-10)15-9-5-6-9/h3,9H,1,4-8,14H2,2H3,(H,15,16). The lowest BCUT2D eigenvalue weighted by atomic mass is 10.3. The Morgan fingerprint density at radius 1 is 1.68 bits per heavy atom. The number of carbonyl (C=O) groups excluding carboxylic acids is 1. The molecule has 0 spiro atoms. The Labute approximate surface area is 117 Å². The summed E-state index contributed by atoms with van der Waals surface area (Å²) >= 11 is 1.34. The van der Waals surface area contributed by atoms with Gasteiger partial charge in [-0.1, -0.05) is 24.3 Å². The van der Waals surface area contributed by atoms with E-state index in [1.807, 2.05) is 6.92 Å². The Morgan fingerprint density at radius 3 is 3.00 bits per heavy atom. The smallest absolute Gasteiger partial charge is 0.268 e. The maximum atomic E-state index is 12.4. The maximum absolute atomic E-state index is 12.4. The number of aromatic nitrogens is 1. The molecule has 1 fully saturated rings. The number of amides is 1. The fourth-order valence-electron chi connectivity index (χ4n) is 1.79. The van der Waals surface area contributed by atoms with E-state index in [4.69, 9.17) is 5.73 Å². The molecule has 0 radical (unpaired) electrons. The van der Waals surface area contributed by atoms with Gasteiger partial charge in [-0.2, -0.15) is 0 Å². The van der Waals surface area contributed by atoms with Gasteiger partial charge in [-0.3, -0.25) is 4.79 Å². The molecule has 1 amide bonds. The molecule has 1 aliphatic carbocycles. The fourth-order valence-corrected chi connectivity index (χ4v) is 2.72. The van der Waals surface area contributed by atoms with Crippen LogP contribution in [0.5, 0.6) is 0 Å². The third-order valence-corrected chi connectivity index (χ3v) is 3.87. The van der Waals surface area contributed by atoms with Crippen molar-refractivity contribution in [2.24, 2.45) is 0 Å². The molecule has 0 unspecified atom stereocenters. The van der Waals surface area contributed by atoms with Crippen LogP contribution in [-0.2, 0) is 0 Å². The summed E-state index contributed by atoms with van der Waals surface area (Å²) in [6.07, 6.45) is 4.97. The van der Waals surface area contributed by atoms with Crippen LogP contribution in [0.15, 0.2) is 12.7 Å². The number of rotatable bonds is 7. The highest BCUT2D eigenvalue weighted by molar-refractivity contribution is 7.18. The van der Waals surface area contributed by atoms with E-state index >= 15 is 0 Å². The van der Waals surface area contributed by atoms with Crippen LogP contribution in [0, 0.1) is 0 Å². The summed E-state index contributed by atoms with van der Waals surface area (Å²) < 4.78 is 0. The molecule has 2 rings (SSSR count). The topological polar surface area (TPSA) is 71.2 Å². The van der Waals surface area contributed by atoms with Crippen molar-refractivity contribution in [3.05, 3.63) is 17.5 Å². The molecule has 0 saturated heterocycles. The summed E-state index contributed by atoms with van der Waals surface area (Å²) in [6.45, 7) is 6.96. The normalized spacial score (nSPS) is 14.2. The summed E-state index contributed by atoms with van der Waals surface area (Å²) in [5.41, 5.74) is 5.85. The van der Waals surface area contributed by atoms with E-state index in [0.717, 1.165) is 11.6 Å². The van der Waals surface area contributed by atoms with Gasteiger partial charge in [0, 0.05) is 19.1 Å². The number of thiazole rings is 1. The van der Waals surface area contributed by atoms with Crippen molar-refractivity contribution in [2.45, 2.75) is 32.2 Å². The predicted molar refractivity (Wildman–Crippen MR) is 79.6 cm³/mol. The van der Waals surface area contributed by atoms with Crippen LogP contribution in [0.4, 0.5) is 10.9 Å². The van der Waals surface area contributed by atoms with Crippen molar-refractivity contribution in [2.75, 3.05) is 24.1 Å². The summed E-state index contributed by atoms with van der Waals surface area (Å²) in [5.74, 6) is 0.268. The lowest BCUT2D eigenvalue weighted by molar-refractivity contribution is 0.0779. The number of hydrogen-bond acceptors (Lipinski definition) is 5. The van der Waals surface area contributed by atoms with E-state index in [2.05, 4.69) is 16.9 Å². The molecule has 6 heteroatoms. The molecule has 19 heavy (non-hydrogen) atoms. The molecular weight excluding hydrogens is 260 g/mol. The monoisotopic (exact) mass is 280 g/mol. The van der Waals surface area contributed by atoms with Crippen LogP contribution < -0.4 is 11.1 Å². The first-order valence-electron chi connectivity index (χ1n) is 6.58. The molecule has 1 heterocycles. The van der Waals surface area contributed by atoms with Crippen molar-refractivity contribution in [1.29, 1.82) is 0 Å². The van der Waals surface area contributed by atoms with Crippen LogP contribution in [0.2, 0.25) is 0 Å². The summed E-state index contributed by atoms with van der Waals surface area (Å²) in [6, 6.07) is 0.508. The molecule has 0 aromatic carbocycles. The number of hydrogen-bond donors (Lipinski definition) is 2. The van der Waals surface area contributed by atoms with Gasteiger partial charge >= 0.3 is 0 Å². The van der Waals surface area contributed by atoms with Gasteiger partial charge in [0.15, 0.2) is 5.13 Å². The predicted octanol–water partition coefficient (Wildman–Crippen LogP) is 2.34. The third kappa shape index (κ3) is 3.47. The van der Waals surface area contributed by atoms with Crippen molar-refractivity contribution < 1.29 is 4.79 Å². The Kier molecular flexibility index (Phi) is 4.42. The minimum atomic E-state index is -0.0550. The number of nitrogens with one attached hydrogen (secondary N) is 1. The number of anilines is 2. The van der Waals surface area contributed by atoms with Crippen molar-refractivity contribution in [1.82, 2.24) is 9.88 Å². The first-order chi connectivity index (χ1) is 9.15. The molecule has 1 aromatic rings. The van der Waals surface area contributed by atoms with Crippen LogP contribution in [0.1, 0.15) is 35.9 Å². The Morgan fingerprint density at radius 2 is 2.42 bits per heavy atom. The second kappa shape index (κ2) is 6.06. The van der Waals surface area contributed by atoms with E-state index in [9.17, 15) is 4.79 Å². The quantitative estimate of drug-likeness (QED) is 0.752. The number of nitrogen functional groups attached to an aromatic ring is 1. The molecule has 1 aromatic heterocycles. The molecular formula is C13H20N4OS. The third-order valence-electron chi connectivity index (χ3n) is 2.88. The zero-order valence-electron chi connectivity index (χ0n) is 11.2. The molecule has 3 N–H and O–H groups in total. The number of nitrogens with two attached hydrogens (primary N) is 1. The molecule has 1 aliphatic rings. The molecule has 0 bridgehead atoms. The highest BCUT2D eigenvalue weighted by Gasteiger charge is 2.25. The van der Waals surface area contributed by atoms with Gasteiger partial charge in [0.05, 0.1) is 0 Å². The van der Waals surface area contributed by atoms with E-state index in [0.29, 0.717) is 29.8 Å². The second-order valence-corrected chi connectivity index (χ2v) is 5.69. The number of nitrogens with zero attached hydrogens (tertiary/aromatic N) is 2. The fraction of sp³-hybridized carbons (Fsp3) is 0.538. The summed E-state index contributed by atoms with van der Waals surface area (Å²) in [5, 5.41) is 4.02. The summed E-state index contributed by atoms with van der Waals surface area (Å²) in [4.78, 5) is 18.9. The van der Waals surface area contributed by atoms with Gasteiger partial charge in [0.25, 0.3) is 5.91 Å². The van der Waals surface area contributed by atoms with Crippen molar-refractivity contribution >= 4 is 28.2 Å². The van der Waals surface area contributed by atoms with Gasteiger partial charge < -0.3 is 16.0 Å².